The summed E-state index contributed by atoms with van der Waals surface area (Å²) in [5.41, 5.74) is 9.80. The summed E-state index contributed by atoms with van der Waals surface area (Å²) in [6.45, 7) is 1.27. The van der Waals surface area contributed by atoms with E-state index in [4.69, 9.17) is 11.5 Å². The molecule has 0 aromatic rings. The fraction of sp³-hybridized carbons (Fsp3) is 0.778. The summed E-state index contributed by atoms with van der Waals surface area (Å²) >= 11 is 0. The number of amides is 4. The van der Waals surface area contributed by atoms with Crippen LogP contribution in [-0.4, -0.2) is 25.2 Å². The van der Waals surface area contributed by atoms with Gasteiger partial charge in [0.1, 0.15) is 0 Å². The number of unbranched alkanes of at least 4 members (excludes halogenated alkanes) is 4. The normalized spacial score (nSPS) is 9.60. The van der Waals surface area contributed by atoms with Crippen LogP contribution in [0.2, 0.25) is 0 Å². The first-order valence-electron chi connectivity index (χ1n) is 5.19. The molecule has 0 unspecified atom stereocenters. The van der Waals surface area contributed by atoms with E-state index in [1.54, 1.807) is 0 Å². The van der Waals surface area contributed by atoms with Crippen molar-refractivity contribution in [1.82, 2.24) is 10.6 Å². The minimum absolute atomic E-state index is 0.472. The second kappa shape index (κ2) is 9.11. The maximum atomic E-state index is 10.3. The van der Waals surface area contributed by atoms with Crippen LogP contribution in [-0.2, 0) is 0 Å². The average Bonchev–Trinajstić information content (AvgIpc) is 2.14. The fourth-order valence-electron chi connectivity index (χ4n) is 1.20. The topological polar surface area (TPSA) is 110 Å². The van der Waals surface area contributed by atoms with Crippen molar-refractivity contribution in [1.29, 1.82) is 0 Å². The first kappa shape index (κ1) is 13.5. The third-order valence-corrected chi connectivity index (χ3v) is 1.95. The number of carbonyl (C=O) groups is 2. The highest BCUT2D eigenvalue weighted by Crippen LogP contribution is 2.01. The molecule has 88 valence electrons. The molecule has 6 N–H and O–H groups in total. The molecule has 0 heterocycles. The van der Waals surface area contributed by atoms with E-state index in [1.165, 1.54) is 0 Å². The van der Waals surface area contributed by atoms with Crippen LogP contribution in [0, 0.1) is 0 Å². The number of rotatable bonds is 8. The van der Waals surface area contributed by atoms with E-state index >= 15 is 0 Å². The van der Waals surface area contributed by atoms with Crippen LogP contribution >= 0.6 is 0 Å². The van der Waals surface area contributed by atoms with Gasteiger partial charge >= 0.3 is 12.1 Å². The zero-order valence-corrected chi connectivity index (χ0v) is 8.92. The molecule has 0 saturated carbocycles. The van der Waals surface area contributed by atoms with Gasteiger partial charge in [0.15, 0.2) is 0 Å². The van der Waals surface area contributed by atoms with E-state index in [-0.39, 0.29) is 0 Å². The van der Waals surface area contributed by atoms with Gasteiger partial charge in [0.25, 0.3) is 0 Å². The van der Waals surface area contributed by atoms with Crippen LogP contribution in [0.25, 0.3) is 0 Å². The Morgan fingerprint density at radius 1 is 0.733 bits per heavy atom. The van der Waals surface area contributed by atoms with Crippen molar-refractivity contribution in [3.8, 4) is 0 Å². The van der Waals surface area contributed by atoms with Crippen LogP contribution in [0.5, 0.6) is 0 Å². The average molecular weight is 216 g/mol. The summed E-state index contributed by atoms with van der Waals surface area (Å²) in [6, 6.07) is -0.943. The van der Waals surface area contributed by atoms with Gasteiger partial charge in [-0.2, -0.15) is 0 Å². The number of nitrogens with one attached hydrogen (secondary N) is 2. The van der Waals surface area contributed by atoms with E-state index < -0.39 is 12.1 Å². The SMILES string of the molecule is NC(=O)NCCCCCCCNC(N)=O. The Kier molecular flexibility index (Phi) is 8.22. The third-order valence-electron chi connectivity index (χ3n) is 1.95. The van der Waals surface area contributed by atoms with Crippen molar-refractivity contribution in [2.45, 2.75) is 32.1 Å². The molecule has 0 rings (SSSR count). The van der Waals surface area contributed by atoms with Gasteiger partial charge in [0, 0.05) is 13.1 Å². The lowest BCUT2D eigenvalue weighted by atomic mass is 10.1. The molecule has 0 aromatic heterocycles. The van der Waals surface area contributed by atoms with Crippen molar-refractivity contribution < 1.29 is 9.59 Å². The van der Waals surface area contributed by atoms with Crippen molar-refractivity contribution in [2.75, 3.05) is 13.1 Å². The van der Waals surface area contributed by atoms with Crippen molar-refractivity contribution >= 4 is 12.1 Å². The van der Waals surface area contributed by atoms with E-state index in [2.05, 4.69) is 10.6 Å². The van der Waals surface area contributed by atoms with E-state index in [0.717, 1.165) is 32.1 Å². The molecule has 0 aliphatic rings. The molecule has 4 amide bonds. The van der Waals surface area contributed by atoms with Gasteiger partial charge in [-0.15, -0.1) is 0 Å². The Bertz CT molecular complexity index is 177. The van der Waals surface area contributed by atoms with Crippen LogP contribution < -0.4 is 22.1 Å². The zero-order valence-electron chi connectivity index (χ0n) is 8.92. The van der Waals surface area contributed by atoms with Gasteiger partial charge in [-0.25, -0.2) is 9.59 Å². The summed E-state index contributed by atoms with van der Waals surface area (Å²) in [5, 5.41) is 5.06. The van der Waals surface area contributed by atoms with Gasteiger partial charge in [-0.1, -0.05) is 19.3 Å². The van der Waals surface area contributed by atoms with Gasteiger partial charge in [-0.05, 0) is 12.8 Å². The molecule has 0 spiro atoms. The number of carbonyl (C=O) groups excluding carboxylic acids is 2. The van der Waals surface area contributed by atoms with Crippen LogP contribution in [0.3, 0.4) is 0 Å². The summed E-state index contributed by atoms with van der Waals surface area (Å²) in [4.78, 5) is 20.6. The number of hydrogen-bond donors (Lipinski definition) is 4. The van der Waals surface area contributed by atoms with Gasteiger partial charge in [-0.3, -0.25) is 0 Å². The summed E-state index contributed by atoms with van der Waals surface area (Å²) in [7, 11) is 0. The van der Waals surface area contributed by atoms with E-state index in [9.17, 15) is 9.59 Å². The number of primary amides is 2. The Hall–Kier alpha value is -1.46. The van der Waals surface area contributed by atoms with Gasteiger partial charge in [0.2, 0.25) is 0 Å². The number of nitrogens with two attached hydrogens (primary N) is 2. The largest absolute Gasteiger partial charge is 0.352 e. The first-order chi connectivity index (χ1) is 7.13. The second-order valence-electron chi connectivity index (χ2n) is 3.35. The van der Waals surface area contributed by atoms with Crippen LogP contribution in [0.15, 0.2) is 0 Å². The molecular weight excluding hydrogens is 196 g/mol. The van der Waals surface area contributed by atoms with E-state index in [1.807, 2.05) is 0 Å². The monoisotopic (exact) mass is 216 g/mol. The van der Waals surface area contributed by atoms with Crippen LogP contribution in [0.1, 0.15) is 32.1 Å². The van der Waals surface area contributed by atoms with E-state index in [0.29, 0.717) is 13.1 Å². The standard InChI is InChI=1S/C9H20N4O2/c10-8(14)12-6-4-2-1-3-5-7-13-9(11)15/h1-7H2,(H3,10,12,14)(H3,11,13,15). The number of hydrogen-bond acceptors (Lipinski definition) is 2. The molecule has 6 nitrogen and oxygen atoms in total. The van der Waals surface area contributed by atoms with Gasteiger partial charge < -0.3 is 22.1 Å². The van der Waals surface area contributed by atoms with Gasteiger partial charge in [0.05, 0.1) is 0 Å². The maximum Gasteiger partial charge on any atom is 0.312 e. The Morgan fingerprint density at radius 2 is 1.07 bits per heavy atom. The van der Waals surface area contributed by atoms with Crippen molar-refractivity contribution in [3.63, 3.8) is 0 Å². The predicted molar refractivity (Wildman–Crippen MR) is 58.3 cm³/mol. The Morgan fingerprint density at radius 3 is 1.40 bits per heavy atom. The first-order valence-corrected chi connectivity index (χ1v) is 5.19. The maximum absolute atomic E-state index is 10.3. The molecule has 15 heavy (non-hydrogen) atoms. The molecule has 0 radical (unpaired) electrons. The minimum Gasteiger partial charge on any atom is -0.352 e. The predicted octanol–water partition coefficient (Wildman–Crippen LogP) is 0.273. The Balaban J connectivity index is 2.99. The molecule has 0 fully saturated rings. The molecule has 0 bridgehead atoms. The van der Waals surface area contributed by atoms with Crippen molar-refractivity contribution in [2.24, 2.45) is 11.5 Å². The Labute approximate surface area is 89.8 Å². The molecule has 0 aliphatic heterocycles. The smallest absolute Gasteiger partial charge is 0.312 e. The molecule has 0 saturated heterocycles. The fourth-order valence-corrected chi connectivity index (χ4v) is 1.20. The molecular formula is C9H20N4O2. The van der Waals surface area contributed by atoms with Crippen LogP contribution in [0.4, 0.5) is 9.59 Å². The van der Waals surface area contributed by atoms with Crippen molar-refractivity contribution in [3.05, 3.63) is 0 Å². The second-order valence-corrected chi connectivity index (χ2v) is 3.35. The highest BCUT2D eigenvalue weighted by atomic mass is 16.2. The highest BCUT2D eigenvalue weighted by Gasteiger charge is 1.94. The lowest BCUT2D eigenvalue weighted by molar-refractivity contribution is 0.248. The number of urea groups is 2. The molecule has 0 aliphatic carbocycles. The quantitative estimate of drug-likeness (QED) is 0.437. The summed E-state index contributed by atoms with van der Waals surface area (Å²) < 4.78 is 0. The zero-order chi connectivity index (χ0) is 11.5. The minimum atomic E-state index is -0.472. The molecule has 0 aromatic carbocycles. The third kappa shape index (κ3) is 12.5. The molecule has 0 atom stereocenters. The summed E-state index contributed by atoms with van der Waals surface area (Å²) in [6.07, 6.45) is 5.06. The highest BCUT2D eigenvalue weighted by molar-refractivity contribution is 5.71. The molecule has 6 heteroatoms. The lowest BCUT2D eigenvalue weighted by Crippen LogP contribution is -2.30. The summed E-state index contributed by atoms with van der Waals surface area (Å²) in [5.74, 6) is 0. The lowest BCUT2D eigenvalue weighted by Gasteiger charge is -2.03.